The highest BCUT2D eigenvalue weighted by atomic mass is 16.5. The first-order valence-electron chi connectivity index (χ1n) is 11.7. The zero-order chi connectivity index (χ0) is 23.7. The molecular formula is C27H28N4O3. The molecule has 0 bridgehead atoms. The summed E-state index contributed by atoms with van der Waals surface area (Å²) < 4.78 is 9.02. The van der Waals surface area contributed by atoms with Crippen molar-refractivity contribution in [1.29, 1.82) is 0 Å². The first kappa shape index (κ1) is 22.1. The largest absolute Gasteiger partial charge is 0.376 e. The highest BCUT2D eigenvalue weighted by molar-refractivity contribution is 6.08. The normalized spacial score (nSPS) is 15.8. The topological polar surface area (TPSA) is 78.2 Å². The van der Waals surface area contributed by atoms with E-state index in [2.05, 4.69) is 24.3 Å². The molecule has 1 N–H and O–H groups in total. The molecule has 0 aromatic heterocycles. The number of hydrogen-bond donors (Lipinski definition) is 1. The van der Waals surface area contributed by atoms with E-state index in [0.717, 1.165) is 19.4 Å². The number of rotatable bonds is 6. The van der Waals surface area contributed by atoms with Crippen LogP contribution in [0.1, 0.15) is 48.5 Å². The fourth-order valence-corrected chi connectivity index (χ4v) is 4.35. The Hall–Kier alpha value is -3.71. The quantitative estimate of drug-likeness (QED) is 0.456. The Morgan fingerprint density at radius 2 is 1.88 bits per heavy atom. The molecule has 3 heterocycles. The lowest BCUT2D eigenvalue weighted by Crippen LogP contribution is -2.20. The summed E-state index contributed by atoms with van der Waals surface area (Å²) >= 11 is 0. The van der Waals surface area contributed by atoms with Crippen molar-refractivity contribution < 1.29 is 9.53 Å². The van der Waals surface area contributed by atoms with Crippen LogP contribution in [0.5, 0.6) is 0 Å². The number of hydrogen-bond acceptors (Lipinski definition) is 4. The van der Waals surface area contributed by atoms with Crippen LogP contribution < -0.4 is 10.9 Å². The molecule has 5 rings (SSSR count). The summed E-state index contributed by atoms with van der Waals surface area (Å²) in [4.78, 5) is 26.7. The third kappa shape index (κ3) is 4.39. The summed E-state index contributed by atoms with van der Waals surface area (Å²) in [6, 6.07) is 17.1. The van der Waals surface area contributed by atoms with Crippen molar-refractivity contribution >= 4 is 11.6 Å². The van der Waals surface area contributed by atoms with Crippen molar-refractivity contribution in [3.8, 4) is 16.9 Å². The van der Waals surface area contributed by atoms with Gasteiger partial charge in [-0.25, -0.2) is 0 Å². The first-order valence-corrected chi connectivity index (χ1v) is 11.7. The molecule has 1 atom stereocenters. The molecule has 174 valence electrons. The second kappa shape index (κ2) is 9.27. The van der Waals surface area contributed by atoms with Crippen LogP contribution >= 0.6 is 0 Å². The van der Waals surface area contributed by atoms with Crippen LogP contribution in [0, 0.1) is 0 Å². The average molecular weight is 457 g/mol. The van der Waals surface area contributed by atoms with E-state index in [0.29, 0.717) is 40.7 Å². The predicted molar refractivity (Wildman–Crippen MR) is 132 cm³/mol. The number of para-hydroxylation sites is 1. The number of benzene rings is 2. The summed E-state index contributed by atoms with van der Waals surface area (Å²) in [6.45, 7) is 5.58. The van der Waals surface area contributed by atoms with E-state index in [1.165, 1.54) is 10.2 Å². The molecule has 0 aliphatic carbocycles. The van der Waals surface area contributed by atoms with E-state index in [-0.39, 0.29) is 17.6 Å². The Bertz CT molecular complexity index is 1320. The number of fused-ring (bicyclic) bond motifs is 1. The first-order chi connectivity index (χ1) is 16.5. The molecule has 3 aliphatic rings. The van der Waals surface area contributed by atoms with E-state index in [4.69, 9.17) is 4.74 Å². The Morgan fingerprint density at radius 3 is 2.56 bits per heavy atom. The van der Waals surface area contributed by atoms with Gasteiger partial charge in [-0.15, -0.1) is 0 Å². The van der Waals surface area contributed by atoms with E-state index >= 15 is 0 Å². The standard InChI is InChI=1S/C27H28N4O3/c1-18(2)19-10-12-20(13-11-19)28-26(32)23-16-30(15-22-9-6-14-34-22)17-24-25(23)29-31(27(24)33)21-7-4-3-5-8-21/h3-5,7-8,10-13,16-18,22H,6,9,14-15H2,1-2H3,(H,28,32)/t22-/m1/s1. The van der Waals surface area contributed by atoms with Crippen LogP contribution in [-0.2, 0) is 11.3 Å². The summed E-state index contributed by atoms with van der Waals surface area (Å²) in [7, 11) is 0. The maximum Gasteiger partial charge on any atom is 0.282 e. The van der Waals surface area contributed by atoms with Gasteiger partial charge in [-0.05, 0) is 48.6 Å². The average Bonchev–Trinajstić information content (AvgIpc) is 3.47. The highest BCUT2D eigenvalue weighted by Gasteiger charge is 2.26. The molecule has 0 saturated carbocycles. The van der Waals surface area contributed by atoms with Crippen LogP contribution in [0.25, 0.3) is 16.9 Å². The van der Waals surface area contributed by atoms with Gasteiger partial charge < -0.3 is 14.6 Å². The number of aromatic nitrogens is 3. The lowest BCUT2D eigenvalue weighted by atomic mass is 10.0. The van der Waals surface area contributed by atoms with Gasteiger partial charge in [-0.2, -0.15) is 9.78 Å². The minimum absolute atomic E-state index is 0.0706. The van der Waals surface area contributed by atoms with Gasteiger partial charge in [-0.3, -0.25) is 9.59 Å². The van der Waals surface area contributed by atoms with Gasteiger partial charge in [0, 0.05) is 31.2 Å². The molecule has 0 radical (unpaired) electrons. The van der Waals surface area contributed by atoms with Gasteiger partial charge in [-0.1, -0.05) is 44.2 Å². The number of pyridine rings is 1. The SMILES string of the molecule is CC(C)c1ccc(NC(=O)c2cn(C[C@H]3CCCO3)cc3c(=O)n(-c4ccccc4)nc2-3)cc1. The van der Waals surface area contributed by atoms with Crippen molar-refractivity contribution in [2.75, 3.05) is 11.9 Å². The molecule has 7 heteroatoms. The number of ether oxygens (including phenoxy) is 1. The lowest BCUT2D eigenvalue weighted by molar-refractivity contribution is 0.0961. The van der Waals surface area contributed by atoms with Crippen LogP contribution in [0.4, 0.5) is 5.69 Å². The maximum atomic E-state index is 13.4. The van der Waals surface area contributed by atoms with Gasteiger partial charge in [0.05, 0.1) is 22.9 Å². The van der Waals surface area contributed by atoms with E-state index in [1.807, 2.05) is 59.2 Å². The van der Waals surface area contributed by atoms with Gasteiger partial charge in [0.1, 0.15) is 5.69 Å². The van der Waals surface area contributed by atoms with Crippen LogP contribution in [0.15, 0.2) is 71.8 Å². The molecule has 1 amide bonds. The highest BCUT2D eigenvalue weighted by Crippen LogP contribution is 2.25. The zero-order valence-electron chi connectivity index (χ0n) is 19.4. The molecule has 3 aliphatic heterocycles. The molecular weight excluding hydrogens is 428 g/mol. The van der Waals surface area contributed by atoms with Gasteiger partial charge in [0.2, 0.25) is 0 Å². The van der Waals surface area contributed by atoms with Crippen molar-refractivity contribution in [1.82, 2.24) is 14.3 Å². The number of carbonyl (C=O) groups is 1. The lowest BCUT2D eigenvalue weighted by Gasteiger charge is -2.16. The van der Waals surface area contributed by atoms with Crippen LogP contribution in [-0.4, -0.2) is 33.0 Å². The Labute approximate surface area is 198 Å². The Morgan fingerprint density at radius 1 is 1.12 bits per heavy atom. The number of anilines is 1. The van der Waals surface area contributed by atoms with Crippen molar-refractivity contribution in [2.24, 2.45) is 0 Å². The third-order valence-corrected chi connectivity index (χ3v) is 6.24. The van der Waals surface area contributed by atoms with Gasteiger partial charge >= 0.3 is 0 Å². The van der Waals surface area contributed by atoms with Crippen LogP contribution in [0.2, 0.25) is 0 Å². The Balaban J connectivity index is 1.55. The molecule has 7 nitrogen and oxygen atoms in total. The molecule has 1 saturated heterocycles. The fraction of sp³-hybridized carbons (Fsp3) is 0.296. The minimum atomic E-state index is -0.304. The van der Waals surface area contributed by atoms with Crippen molar-refractivity contribution in [3.05, 3.63) is 88.5 Å². The summed E-state index contributed by atoms with van der Waals surface area (Å²) in [5.41, 5.74) is 3.45. The molecule has 0 spiro atoms. The number of amides is 1. The summed E-state index contributed by atoms with van der Waals surface area (Å²) in [5, 5.41) is 7.53. The molecule has 2 aromatic rings. The zero-order valence-corrected chi connectivity index (χ0v) is 19.4. The molecule has 1 fully saturated rings. The predicted octanol–water partition coefficient (Wildman–Crippen LogP) is 4.69. The van der Waals surface area contributed by atoms with Crippen molar-refractivity contribution in [3.63, 3.8) is 0 Å². The Kier molecular flexibility index (Phi) is 6.02. The second-order valence-corrected chi connectivity index (χ2v) is 9.05. The minimum Gasteiger partial charge on any atom is -0.376 e. The van der Waals surface area contributed by atoms with Gasteiger partial charge in [0.25, 0.3) is 11.5 Å². The number of nitrogens with one attached hydrogen (secondary N) is 1. The van der Waals surface area contributed by atoms with Crippen molar-refractivity contribution in [2.45, 2.75) is 45.3 Å². The monoisotopic (exact) mass is 456 g/mol. The fourth-order valence-electron chi connectivity index (χ4n) is 4.35. The smallest absolute Gasteiger partial charge is 0.282 e. The third-order valence-electron chi connectivity index (χ3n) is 6.24. The van der Waals surface area contributed by atoms with Crippen LogP contribution in [0.3, 0.4) is 0 Å². The van der Waals surface area contributed by atoms with E-state index in [9.17, 15) is 9.59 Å². The number of nitrogens with zero attached hydrogens (tertiary/aromatic N) is 3. The molecule has 34 heavy (non-hydrogen) atoms. The second-order valence-electron chi connectivity index (χ2n) is 9.05. The summed E-state index contributed by atoms with van der Waals surface area (Å²) in [6.07, 6.45) is 5.60. The molecule has 2 aromatic carbocycles. The maximum absolute atomic E-state index is 13.4. The number of carbonyl (C=O) groups excluding carboxylic acids is 1. The van der Waals surface area contributed by atoms with E-state index < -0.39 is 0 Å². The van der Waals surface area contributed by atoms with Gasteiger partial charge in [0.15, 0.2) is 0 Å². The van der Waals surface area contributed by atoms with E-state index in [1.54, 1.807) is 12.4 Å². The molecule has 0 unspecified atom stereocenters. The summed E-state index contributed by atoms with van der Waals surface area (Å²) in [5.74, 6) is 0.106.